The van der Waals surface area contributed by atoms with Gasteiger partial charge in [-0.1, -0.05) is 23.8 Å². The lowest BCUT2D eigenvalue weighted by Crippen LogP contribution is -2.45. The molecule has 0 aromatic heterocycles. The van der Waals surface area contributed by atoms with Gasteiger partial charge in [-0.15, -0.1) is 0 Å². The first-order valence-corrected chi connectivity index (χ1v) is 11.0. The van der Waals surface area contributed by atoms with Gasteiger partial charge in [0.15, 0.2) is 0 Å². The predicted molar refractivity (Wildman–Crippen MR) is 112 cm³/mol. The summed E-state index contributed by atoms with van der Waals surface area (Å²) in [6, 6.07) is 7.19. The lowest BCUT2D eigenvalue weighted by Gasteiger charge is -2.27. The number of rotatable bonds is 6. The Kier molecular flexibility index (Phi) is 5.31. The molecule has 1 aromatic rings. The Morgan fingerprint density at radius 2 is 2.00 bits per heavy atom. The third-order valence-corrected chi connectivity index (χ3v) is 6.85. The van der Waals surface area contributed by atoms with Crippen molar-refractivity contribution in [3.05, 3.63) is 41.4 Å². The van der Waals surface area contributed by atoms with E-state index in [0.717, 1.165) is 45.0 Å². The van der Waals surface area contributed by atoms with Crippen LogP contribution in [0.15, 0.2) is 36.4 Å². The minimum absolute atomic E-state index is 0.0577. The predicted octanol–water partition coefficient (Wildman–Crippen LogP) is 1.46. The van der Waals surface area contributed by atoms with Crippen molar-refractivity contribution in [3.8, 4) is 0 Å². The van der Waals surface area contributed by atoms with Gasteiger partial charge in [-0.3, -0.25) is 14.5 Å². The molecule has 30 heavy (non-hydrogen) atoms. The molecular formula is C22H26ClN3O4. The highest BCUT2D eigenvalue weighted by Gasteiger charge is 2.67. The summed E-state index contributed by atoms with van der Waals surface area (Å²) < 4.78 is 11.5. The molecule has 0 radical (unpaired) electrons. The van der Waals surface area contributed by atoms with E-state index in [1.54, 1.807) is 17.0 Å². The van der Waals surface area contributed by atoms with Gasteiger partial charge in [0.05, 0.1) is 37.7 Å². The summed E-state index contributed by atoms with van der Waals surface area (Å²) in [4.78, 5) is 30.4. The highest BCUT2D eigenvalue weighted by molar-refractivity contribution is 6.30. The van der Waals surface area contributed by atoms with Gasteiger partial charge in [-0.05, 0) is 37.2 Å². The van der Waals surface area contributed by atoms with Gasteiger partial charge in [0.25, 0.3) is 0 Å². The van der Waals surface area contributed by atoms with Crippen LogP contribution in [0.5, 0.6) is 0 Å². The number of ether oxygens (including phenoxy) is 2. The topological polar surface area (TPSA) is 71.1 Å². The summed E-state index contributed by atoms with van der Waals surface area (Å²) in [5.74, 6) is -1.12. The van der Waals surface area contributed by atoms with E-state index in [-0.39, 0.29) is 17.9 Å². The number of benzene rings is 1. The molecule has 2 amide bonds. The van der Waals surface area contributed by atoms with Crippen LogP contribution in [0.1, 0.15) is 6.42 Å². The maximum absolute atomic E-state index is 13.3. The molecule has 8 heteroatoms. The second-order valence-electron chi connectivity index (χ2n) is 8.40. The van der Waals surface area contributed by atoms with Gasteiger partial charge in [-0.2, -0.15) is 0 Å². The number of amides is 2. The quantitative estimate of drug-likeness (QED) is 0.545. The van der Waals surface area contributed by atoms with E-state index >= 15 is 0 Å². The Bertz CT molecular complexity index is 854. The molecule has 0 unspecified atom stereocenters. The molecule has 0 saturated carbocycles. The fourth-order valence-corrected chi connectivity index (χ4v) is 5.22. The summed E-state index contributed by atoms with van der Waals surface area (Å²) in [5, 5.41) is 3.66. The first-order valence-electron chi connectivity index (χ1n) is 10.6. The van der Waals surface area contributed by atoms with Gasteiger partial charge < -0.3 is 19.7 Å². The fourth-order valence-electron chi connectivity index (χ4n) is 5.09. The molecular weight excluding hydrogens is 406 g/mol. The number of fused-ring (bicyclic) bond motifs is 1. The Balaban J connectivity index is 1.23. The minimum Gasteiger partial charge on any atom is -0.379 e. The molecule has 1 aromatic carbocycles. The molecule has 4 atom stereocenters. The molecule has 0 aliphatic carbocycles. The van der Waals surface area contributed by atoms with Crippen LogP contribution in [0.2, 0.25) is 5.02 Å². The Hall–Kier alpha value is -1.93. The van der Waals surface area contributed by atoms with Crippen LogP contribution in [-0.4, -0.2) is 74.4 Å². The van der Waals surface area contributed by atoms with Crippen molar-refractivity contribution in [1.82, 2.24) is 10.2 Å². The van der Waals surface area contributed by atoms with Crippen LogP contribution in [0, 0.1) is 11.8 Å². The van der Waals surface area contributed by atoms with Crippen molar-refractivity contribution >= 4 is 29.1 Å². The van der Waals surface area contributed by atoms with E-state index in [0.29, 0.717) is 18.1 Å². The molecule has 4 aliphatic rings. The van der Waals surface area contributed by atoms with Crippen molar-refractivity contribution in [3.63, 3.8) is 0 Å². The SMILES string of the molecule is O=C(NCCCN1CCOCC1)[C@H]1[C@H]2C(=O)N(c3ccc(Cl)cc3)C[C@@]23C=C[C@H]1O3. The molecule has 1 spiro atoms. The van der Waals surface area contributed by atoms with Crippen molar-refractivity contribution in [1.29, 1.82) is 0 Å². The Labute approximate surface area is 180 Å². The lowest BCUT2D eigenvalue weighted by molar-refractivity contribution is -0.131. The zero-order valence-corrected chi connectivity index (χ0v) is 17.5. The van der Waals surface area contributed by atoms with E-state index in [1.165, 1.54) is 0 Å². The average Bonchev–Trinajstić information content (AvgIpc) is 3.41. The first kappa shape index (κ1) is 20.0. The van der Waals surface area contributed by atoms with Crippen molar-refractivity contribution in [2.45, 2.75) is 18.1 Å². The number of carbonyl (C=O) groups is 2. The third-order valence-electron chi connectivity index (χ3n) is 6.60. The second kappa shape index (κ2) is 7.96. The summed E-state index contributed by atoms with van der Waals surface area (Å²) in [5.41, 5.74) is 0.0651. The van der Waals surface area contributed by atoms with Crippen LogP contribution in [0.25, 0.3) is 0 Å². The van der Waals surface area contributed by atoms with E-state index < -0.39 is 17.4 Å². The third kappa shape index (κ3) is 3.43. The standard InChI is InChI=1S/C22H26ClN3O4/c23-15-2-4-16(5-3-15)26-14-22-7-6-17(30-22)18(19(22)21(26)28)20(27)24-8-1-9-25-10-12-29-13-11-25/h2-7,17-19H,1,8-14H2,(H,24,27)/t17-,18-,19+,22+/m1/s1. The number of morpholine rings is 1. The number of halogens is 1. The Morgan fingerprint density at radius 3 is 2.77 bits per heavy atom. The zero-order chi connectivity index (χ0) is 20.7. The minimum atomic E-state index is -0.711. The van der Waals surface area contributed by atoms with Crippen LogP contribution < -0.4 is 10.2 Å². The normalized spacial score (nSPS) is 32.6. The van der Waals surface area contributed by atoms with Crippen molar-refractivity contribution in [2.24, 2.45) is 11.8 Å². The van der Waals surface area contributed by atoms with E-state index in [1.807, 2.05) is 24.3 Å². The average molecular weight is 432 g/mol. The van der Waals surface area contributed by atoms with E-state index in [9.17, 15) is 9.59 Å². The van der Waals surface area contributed by atoms with Crippen LogP contribution in [-0.2, 0) is 19.1 Å². The van der Waals surface area contributed by atoms with Crippen molar-refractivity contribution < 1.29 is 19.1 Å². The summed E-state index contributed by atoms with van der Waals surface area (Å²) in [6.45, 7) is 5.38. The summed E-state index contributed by atoms with van der Waals surface area (Å²) in [6.07, 6.45) is 4.46. The summed E-state index contributed by atoms with van der Waals surface area (Å²) >= 11 is 5.99. The number of nitrogens with one attached hydrogen (secondary N) is 1. The fraction of sp³-hybridized carbons (Fsp3) is 0.545. The molecule has 5 rings (SSSR count). The van der Waals surface area contributed by atoms with Gasteiger partial charge in [0, 0.05) is 30.3 Å². The smallest absolute Gasteiger partial charge is 0.234 e. The van der Waals surface area contributed by atoms with Crippen LogP contribution in [0.4, 0.5) is 5.69 Å². The number of hydrogen-bond donors (Lipinski definition) is 1. The highest BCUT2D eigenvalue weighted by Crippen LogP contribution is 2.52. The molecule has 4 aliphatic heterocycles. The highest BCUT2D eigenvalue weighted by atomic mass is 35.5. The molecule has 7 nitrogen and oxygen atoms in total. The van der Waals surface area contributed by atoms with Crippen LogP contribution >= 0.6 is 11.6 Å². The first-order chi connectivity index (χ1) is 14.6. The maximum atomic E-state index is 13.3. The molecule has 1 N–H and O–H groups in total. The van der Waals surface area contributed by atoms with E-state index in [2.05, 4.69) is 10.2 Å². The van der Waals surface area contributed by atoms with Gasteiger partial charge in [-0.25, -0.2) is 0 Å². The van der Waals surface area contributed by atoms with Gasteiger partial charge >= 0.3 is 0 Å². The molecule has 4 heterocycles. The lowest BCUT2D eigenvalue weighted by atomic mass is 9.77. The maximum Gasteiger partial charge on any atom is 0.234 e. The number of nitrogens with zero attached hydrogens (tertiary/aromatic N) is 2. The molecule has 3 saturated heterocycles. The second-order valence-corrected chi connectivity index (χ2v) is 8.84. The molecule has 160 valence electrons. The number of carbonyl (C=O) groups excluding carboxylic acids is 2. The van der Waals surface area contributed by atoms with E-state index in [4.69, 9.17) is 21.1 Å². The van der Waals surface area contributed by atoms with Crippen LogP contribution in [0.3, 0.4) is 0 Å². The molecule has 2 bridgehead atoms. The summed E-state index contributed by atoms with van der Waals surface area (Å²) in [7, 11) is 0. The van der Waals surface area contributed by atoms with Gasteiger partial charge in [0.2, 0.25) is 11.8 Å². The Morgan fingerprint density at radius 1 is 1.23 bits per heavy atom. The molecule has 3 fully saturated rings. The van der Waals surface area contributed by atoms with Gasteiger partial charge in [0.1, 0.15) is 5.60 Å². The largest absolute Gasteiger partial charge is 0.379 e. The zero-order valence-electron chi connectivity index (χ0n) is 16.8. The number of anilines is 1. The van der Waals surface area contributed by atoms with Crippen molar-refractivity contribution in [2.75, 3.05) is 50.8 Å². The number of hydrogen-bond acceptors (Lipinski definition) is 5. The monoisotopic (exact) mass is 431 g/mol.